The first-order valence-electron chi connectivity index (χ1n) is 8.76. The molecule has 0 heterocycles. The highest BCUT2D eigenvalue weighted by Crippen LogP contribution is 2.24. The molecule has 0 aliphatic heterocycles. The number of unbranched alkanes of at least 4 members (excludes halogenated alkanes) is 1. The Balaban J connectivity index is 2.22. The van der Waals surface area contributed by atoms with Crippen molar-refractivity contribution in [3.63, 3.8) is 0 Å². The van der Waals surface area contributed by atoms with Gasteiger partial charge in [-0.15, -0.1) is 0 Å². The molecular formula is C21H25Br2NO. The Bertz CT molecular complexity index is 654. The number of benzene rings is 2. The molecule has 25 heavy (non-hydrogen) atoms. The number of ketones is 1. The van der Waals surface area contributed by atoms with Crippen LogP contribution in [0.3, 0.4) is 0 Å². The van der Waals surface area contributed by atoms with E-state index in [-0.39, 0.29) is 6.04 Å². The molecule has 0 aliphatic rings. The molecule has 0 aliphatic carbocycles. The Labute approximate surface area is 167 Å². The zero-order valence-corrected chi connectivity index (χ0v) is 18.0. The van der Waals surface area contributed by atoms with Crippen molar-refractivity contribution in [2.75, 3.05) is 0 Å². The molecule has 1 atom stereocenters. The number of hydrogen-bond donors (Lipinski definition) is 0. The molecule has 0 N–H and O–H groups in total. The minimum Gasteiger partial charge on any atom is -0.298 e. The second-order valence-corrected chi connectivity index (χ2v) is 8.04. The van der Waals surface area contributed by atoms with E-state index in [0.29, 0.717) is 12.2 Å². The Kier molecular flexibility index (Phi) is 8.34. The van der Waals surface area contributed by atoms with Gasteiger partial charge in [-0.25, -0.2) is 0 Å². The van der Waals surface area contributed by atoms with E-state index in [1.54, 1.807) is 0 Å². The van der Waals surface area contributed by atoms with Crippen molar-refractivity contribution in [1.29, 1.82) is 0 Å². The summed E-state index contributed by atoms with van der Waals surface area (Å²) in [4.78, 5) is 14.9. The maximum absolute atomic E-state index is 12.6. The summed E-state index contributed by atoms with van der Waals surface area (Å²) in [5.74, 6) is 0.320. The second-order valence-electron chi connectivity index (χ2n) is 6.33. The fraction of sp³-hybridized carbons (Fsp3) is 0.381. The monoisotopic (exact) mass is 465 g/mol. The summed E-state index contributed by atoms with van der Waals surface area (Å²) in [5, 5.41) is 0. The lowest BCUT2D eigenvalue weighted by Crippen LogP contribution is -2.38. The predicted molar refractivity (Wildman–Crippen MR) is 112 cm³/mol. The Hall–Kier alpha value is -0.970. The lowest BCUT2D eigenvalue weighted by Gasteiger charge is -2.29. The minimum atomic E-state index is -0.106. The fourth-order valence-corrected chi connectivity index (χ4v) is 3.60. The largest absolute Gasteiger partial charge is 0.298 e. The standard InChI is InChI=1S/C21H25Br2NO/c1-3-4-13-21(25)16(2)24(14-17-9-5-7-11-19(17)22)15-18-10-6-8-12-20(18)23/h5-12,16H,3-4,13-15H2,1-2H3/t16-/m0/s1. The summed E-state index contributed by atoms with van der Waals surface area (Å²) in [5.41, 5.74) is 2.40. The molecule has 2 rings (SSSR count). The number of rotatable bonds is 9. The first kappa shape index (κ1) is 20.3. The van der Waals surface area contributed by atoms with E-state index in [1.165, 1.54) is 11.1 Å². The van der Waals surface area contributed by atoms with E-state index >= 15 is 0 Å². The molecular weight excluding hydrogens is 442 g/mol. The molecule has 2 nitrogen and oxygen atoms in total. The molecule has 134 valence electrons. The zero-order valence-electron chi connectivity index (χ0n) is 14.8. The van der Waals surface area contributed by atoms with Gasteiger partial charge in [0.05, 0.1) is 6.04 Å². The second kappa shape index (κ2) is 10.2. The molecule has 0 aromatic heterocycles. The van der Waals surface area contributed by atoms with Gasteiger partial charge in [-0.05, 0) is 36.6 Å². The first-order chi connectivity index (χ1) is 12.0. The Morgan fingerprint density at radius 3 is 1.88 bits per heavy atom. The van der Waals surface area contributed by atoms with Crippen LogP contribution in [0.25, 0.3) is 0 Å². The smallest absolute Gasteiger partial charge is 0.149 e. The summed E-state index contributed by atoms with van der Waals surface area (Å²) >= 11 is 7.26. The molecule has 0 spiro atoms. The van der Waals surface area contributed by atoms with Crippen molar-refractivity contribution in [1.82, 2.24) is 4.90 Å². The third-order valence-corrected chi connectivity index (χ3v) is 6.00. The van der Waals surface area contributed by atoms with Crippen LogP contribution in [0.2, 0.25) is 0 Å². The molecule has 0 unspecified atom stereocenters. The van der Waals surface area contributed by atoms with Gasteiger partial charge in [-0.2, -0.15) is 0 Å². The number of nitrogens with zero attached hydrogens (tertiary/aromatic N) is 1. The van der Waals surface area contributed by atoms with Gasteiger partial charge in [0.25, 0.3) is 0 Å². The van der Waals surface area contributed by atoms with Crippen LogP contribution in [-0.2, 0) is 17.9 Å². The van der Waals surface area contributed by atoms with Gasteiger partial charge in [0, 0.05) is 28.5 Å². The van der Waals surface area contributed by atoms with Crippen molar-refractivity contribution in [2.24, 2.45) is 0 Å². The first-order valence-corrected chi connectivity index (χ1v) is 10.3. The van der Waals surface area contributed by atoms with Gasteiger partial charge in [0.15, 0.2) is 0 Å². The van der Waals surface area contributed by atoms with Crippen molar-refractivity contribution in [2.45, 2.75) is 52.2 Å². The number of carbonyl (C=O) groups is 1. The van der Waals surface area contributed by atoms with Crippen molar-refractivity contribution in [3.05, 3.63) is 68.6 Å². The van der Waals surface area contributed by atoms with Gasteiger partial charge in [0.2, 0.25) is 0 Å². The summed E-state index contributed by atoms with van der Waals surface area (Å²) < 4.78 is 2.17. The van der Waals surface area contributed by atoms with Crippen molar-refractivity contribution >= 4 is 37.6 Å². The molecule has 0 bridgehead atoms. The zero-order chi connectivity index (χ0) is 18.2. The maximum atomic E-state index is 12.6. The predicted octanol–water partition coefficient (Wildman–Crippen LogP) is 6.36. The third kappa shape index (κ3) is 6.05. The molecule has 0 saturated carbocycles. The SMILES string of the molecule is CCCCC(=O)[C@H](C)N(Cc1ccccc1Br)Cc1ccccc1Br. The highest BCUT2D eigenvalue weighted by molar-refractivity contribution is 9.10. The van der Waals surface area contributed by atoms with E-state index < -0.39 is 0 Å². The highest BCUT2D eigenvalue weighted by Gasteiger charge is 2.22. The van der Waals surface area contributed by atoms with Crippen LogP contribution in [0.5, 0.6) is 0 Å². The van der Waals surface area contributed by atoms with Crippen LogP contribution in [0, 0.1) is 0 Å². The lowest BCUT2D eigenvalue weighted by molar-refractivity contribution is -0.124. The van der Waals surface area contributed by atoms with Gasteiger partial charge in [0.1, 0.15) is 5.78 Å². The summed E-state index contributed by atoms with van der Waals surface area (Å²) in [7, 11) is 0. The van der Waals surface area contributed by atoms with Crippen LogP contribution >= 0.6 is 31.9 Å². The van der Waals surface area contributed by atoms with Gasteiger partial charge in [-0.3, -0.25) is 9.69 Å². The van der Waals surface area contributed by atoms with Crippen LogP contribution in [0.1, 0.15) is 44.2 Å². The van der Waals surface area contributed by atoms with Gasteiger partial charge < -0.3 is 0 Å². The highest BCUT2D eigenvalue weighted by atomic mass is 79.9. The fourth-order valence-electron chi connectivity index (χ4n) is 2.78. The van der Waals surface area contributed by atoms with Gasteiger partial charge in [-0.1, -0.05) is 81.6 Å². The quantitative estimate of drug-likeness (QED) is 0.428. The van der Waals surface area contributed by atoms with E-state index in [4.69, 9.17) is 0 Å². The average molecular weight is 467 g/mol. The third-order valence-electron chi connectivity index (χ3n) is 4.45. The average Bonchev–Trinajstić information content (AvgIpc) is 2.62. The molecule has 0 radical (unpaired) electrons. The van der Waals surface area contributed by atoms with Crippen molar-refractivity contribution < 1.29 is 4.79 Å². The van der Waals surface area contributed by atoms with Crippen LogP contribution in [0.4, 0.5) is 0 Å². The van der Waals surface area contributed by atoms with E-state index in [9.17, 15) is 4.79 Å². The van der Waals surface area contributed by atoms with Crippen molar-refractivity contribution in [3.8, 4) is 0 Å². The molecule has 0 saturated heterocycles. The number of Topliss-reactive ketones (excluding diaryl/α,β-unsaturated/α-hetero) is 1. The molecule has 4 heteroatoms. The van der Waals surface area contributed by atoms with E-state index in [1.807, 2.05) is 31.2 Å². The Morgan fingerprint density at radius 1 is 0.960 bits per heavy atom. The minimum absolute atomic E-state index is 0.106. The van der Waals surface area contributed by atoms with Gasteiger partial charge >= 0.3 is 0 Å². The normalized spacial score (nSPS) is 12.4. The van der Waals surface area contributed by atoms with Crippen LogP contribution in [-0.4, -0.2) is 16.7 Å². The summed E-state index contributed by atoms with van der Waals surface area (Å²) in [6.45, 7) is 5.63. The van der Waals surface area contributed by atoms with Crippen LogP contribution < -0.4 is 0 Å². The molecule has 2 aromatic carbocycles. The summed E-state index contributed by atoms with van der Waals surface area (Å²) in [6.07, 6.45) is 2.66. The lowest BCUT2D eigenvalue weighted by atomic mass is 10.0. The van der Waals surface area contributed by atoms with E-state index in [2.05, 4.69) is 67.9 Å². The number of halogens is 2. The molecule has 0 fully saturated rings. The van der Waals surface area contributed by atoms with E-state index in [0.717, 1.165) is 34.9 Å². The summed E-state index contributed by atoms with van der Waals surface area (Å²) in [6, 6.07) is 16.3. The number of carbonyl (C=O) groups excluding carboxylic acids is 1. The number of hydrogen-bond acceptors (Lipinski definition) is 2. The molecule has 0 amide bonds. The topological polar surface area (TPSA) is 20.3 Å². The Morgan fingerprint density at radius 2 is 1.44 bits per heavy atom. The van der Waals surface area contributed by atoms with Crippen LogP contribution in [0.15, 0.2) is 57.5 Å². The molecule has 2 aromatic rings. The maximum Gasteiger partial charge on any atom is 0.149 e.